The lowest BCUT2D eigenvalue weighted by atomic mass is 10.0. The van der Waals surface area contributed by atoms with Gasteiger partial charge < -0.3 is 26.0 Å². The van der Waals surface area contributed by atoms with Crippen molar-refractivity contribution in [1.29, 1.82) is 0 Å². The molecule has 1 aromatic carbocycles. The van der Waals surface area contributed by atoms with Crippen molar-refractivity contribution in [3.8, 4) is 18.1 Å². The molecule has 0 radical (unpaired) electrons. The first-order valence-corrected chi connectivity index (χ1v) is 10.4. The molecular formula is C21H27N5O3S. The van der Waals surface area contributed by atoms with E-state index in [2.05, 4.69) is 32.1 Å². The second-order valence-corrected chi connectivity index (χ2v) is 7.80. The Hall–Kier alpha value is -2.83. The predicted molar refractivity (Wildman–Crippen MR) is 119 cm³/mol. The number of carbonyl (C=O) groups excluding carboxylic acids is 2. The van der Waals surface area contributed by atoms with Gasteiger partial charge in [-0.2, -0.15) is 0 Å². The van der Waals surface area contributed by atoms with Crippen LogP contribution in [0.25, 0.3) is 0 Å². The van der Waals surface area contributed by atoms with Crippen molar-refractivity contribution in [2.75, 3.05) is 32.1 Å². The number of fused-ring (bicyclic) bond motifs is 1. The number of terminal acetylenes is 1. The van der Waals surface area contributed by atoms with E-state index >= 15 is 0 Å². The van der Waals surface area contributed by atoms with Crippen LogP contribution in [-0.2, 0) is 9.59 Å². The van der Waals surface area contributed by atoms with Gasteiger partial charge in [0.25, 0.3) is 0 Å². The number of hydrogen-bond acceptors (Lipinski definition) is 5. The van der Waals surface area contributed by atoms with Gasteiger partial charge in [0.15, 0.2) is 5.11 Å². The number of ether oxygens (including phenoxy) is 1. The van der Waals surface area contributed by atoms with E-state index in [4.69, 9.17) is 23.4 Å². The molecule has 30 heavy (non-hydrogen) atoms. The standard InChI is InChI=1S/C21H27N5O3S/c1-3-10-22-19(27)9-6-16-12-23-20(28)18-11-15(13-26(16)18)25-21(30)24-14-4-7-17(29-2)8-5-14/h1,4-5,7-8,15-16,18H,6,9-13H2,2H3,(H,22,27)(H,23,28)(H2,24,25,30). The average Bonchev–Trinajstić information content (AvgIpc) is 3.16. The van der Waals surface area contributed by atoms with E-state index < -0.39 is 0 Å². The van der Waals surface area contributed by atoms with E-state index in [0.29, 0.717) is 37.5 Å². The fourth-order valence-electron chi connectivity index (χ4n) is 3.91. The quantitative estimate of drug-likeness (QED) is 0.369. The second-order valence-electron chi connectivity index (χ2n) is 7.39. The first kappa shape index (κ1) is 21.9. The van der Waals surface area contributed by atoms with Crippen molar-refractivity contribution in [2.24, 2.45) is 0 Å². The Labute approximate surface area is 182 Å². The Balaban J connectivity index is 1.52. The Morgan fingerprint density at radius 3 is 2.87 bits per heavy atom. The summed E-state index contributed by atoms with van der Waals surface area (Å²) in [4.78, 5) is 26.4. The zero-order valence-corrected chi connectivity index (χ0v) is 17.8. The summed E-state index contributed by atoms with van der Waals surface area (Å²) in [6.45, 7) is 1.47. The lowest BCUT2D eigenvalue weighted by molar-refractivity contribution is -0.129. The van der Waals surface area contributed by atoms with Gasteiger partial charge >= 0.3 is 0 Å². The van der Waals surface area contributed by atoms with Gasteiger partial charge in [0.2, 0.25) is 11.8 Å². The summed E-state index contributed by atoms with van der Waals surface area (Å²) < 4.78 is 5.16. The summed E-state index contributed by atoms with van der Waals surface area (Å²) in [6, 6.07) is 7.44. The summed E-state index contributed by atoms with van der Waals surface area (Å²) >= 11 is 5.44. The maximum absolute atomic E-state index is 12.3. The maximum atomic E-state index is 12.3. The third kappa shape index (κ3) is 5.62. The number of carbonyl (C=O) groups is 2. The van der Waals surface area contributed by atoms with Crippen LogP contribution >= 0.6 is 12.2 Å². The first-order chi connectivity index (χ1) is 14.5. The van der Waals surface area contributed by atoms with E-state index in [0.717, 1.165) is 11.4 Å². The zero-order valence-electron chi connectivity index (χ0n) is 16.9. The molecule has 160 valence electrons. The summed E-state index contributed by atoms with van der Waals surface area (Å²) in [6.07, 6.45) is 6.87. The number of benzene rings is 1. The minimum Gasteiger partial charge on any atom is -0.497 e. The van der Waals surface area contributed by atoms with Crippen molar-refractivity contribution >= 4 is 34.8 Å². The molecule has 0 aromatic heterocycles. The van der Waals surface area contributed by atoms with E-state index in [9.17, 15) is 9.59 Å². The lowest BCUT2D eigenvalue weighted by Crippen LogP contribution is -2.58. The number of methoxy groups -OCH3 is 1. The summed E-state index contributed by atoms with van der Waals surface area (Å²) in [7, 11) is 1.62. The number of rotatable bonds is 7. The first-order valence-electron chi connectivity index (χ1n) is 9.95. The molecule has 3 rings (SSSR count). The van der Waals surface area contributed by atoms with Crippen LogP contribution in [0.5, 0.6) is 5.75 Å². The van der Waals surface area contributed by atoms with Gasteiger partial charge in [-0.15, -0.1) is 6.42 Å². The van der Waals surface area contributed by atoms with Crippen LogP contribution in [0.4, 0.5) is 5.69 Å². The maximum Gasteiger partial charge on any atom is 0.237 e. The minimum absolute atomic E-state index is 0.0290. The molecule has 3 unspecified atom stereocenters. The van der Waals surface area contributed by atoms with Gasteiger partial charge in [0, 0.05) is 37.3 Å². The van der Waals surface area contributed by atoms with Crippen molar-refractivity contribution in [1.82, 2.24) is 20.9 Å². The van der Waals surface area contributed by atoms with E-state index in [1.165, 1.54) is 0 Å². The molecule has 4 N–H and O–H groups in total. The minimum atomic E-state index is -0.209. The normalized spacial score (nSPS) is 22.9. The van der Waals surface area contributed by atoms with Crippen LogP contribution in [0.3, 0.4) is 0 Å². The van der Waals surface area contributed by atoms with Crippen molar-refractivity contribution in [2.45, 2.75) is 37.4 Å². The van der Waals surface area contributed by atoms with Crippen molar-refractivity contribution in [3.63, 3.8) is 0 Å². The highest BCUT2D eigenvalue weighted by Gasteiger charge is 2.43. The van der Waals surface area contributed by atoms with Crippen LogP contribution in [0.15, 0.2) is 24.3 Å². The molecule has 0 spiro atoms. The molecule has 2 heterocycles. The summed E-state index contributed by atoms with van der Waals surface area (Å²) in [5, 5.41) is 12.6. The fourth-order valence-corrected chi connectivity index (χ4v) is 4.20. The largest absolute Gasteiger partial charge is 0.497 e. The molecule has 2 saturated heterocycles. The molecule has 2 aliphatic heterocycles. The lowest BCUT2D eigenvalue weighted by Gasteiger charge is -2.37. The highest BCUT2D eigenvalue weighted by Crippen LogP contribution is 2.26. The molecular weight excluding hydrogens is 402 g/mol. The zero-order chi connectivity index (χ0) is 21.5. The Bertz CT molecular complexity index is 823. The average molecular weight is 430 g/mol. The van der Waals surface area contributed by atoms with Gasteiger partial charge in [-0.05, 0) is 49.3 Å². The van der Waals surface area contributed by atoms with Crippen LogP contribution in [0, 0.1) is 12.3 Å². The Kier molecular flexibility index (Phi) is 7.49. The van der Waals surface area contributed by atoms with Gasteiger partial charge in [0.1, 0.15) is 5.75 Å². The van der Waals surface area contributed by atoms with E-state index in [-0.39, 0.29) is 36.5 Å². The van der Waals surface area contributed by atoms with Gasteiger partial charge in [-0.1, -0.05) is 5.92 Å². The third-order valence-electron chi connectivity index (χ3n) is 5.40. The van der Waals surface area contributed by atoms with Gasteiger partial charge in [-0.3, -0.25) is 14.5 Å². The predicted octanol–water partition coefficient (Wildman–Crippen LogP) is 0.453. The fraction of sp³-hybridized carbons (Fsp3) is 0.476. The number of piperazine rings is 1. The molecule has 9 heteroatoms. The van der Waals surface area contributed by atoms with Crippen LogP contribution in [0.2, 0.25) is 0 Å². The molecule has 3 atom stereocenters. The number of nitrogens with one attached hydrogen (secondary N) is 4. The van der Waals surface area contributed by atoms with Crippen LogP contribution in [0.1, 0.15) is 19.3 Å². The van der Waals surface area contributed by atoms with E-state index in [1.807, 2.05) is 24.3 Å². The molecule has 8 nitrogen and oxygen atoms in total. The van der Waals surface area contributed by atoms with Gasteiger partial charge in [-0.25, -0.2) is 0 Å². The number of amides is 2. The third-order valence-corrected chi connectivity index (χ3v) is 5.62. The van der Waals surface area contributed by atoms with Gasteiger partial charge in [0.05, 0.1) is 19.7 Å². The smallest absolute Gasteiger partial charge is 0.237 e. The highest BCUT2D eigenvalue weighted by molar-refractivity contribution is 7.80. The monoisotopic (exact) mass is 429 g/mol. The van der Waals surface area contributed by atoms with E-state index in [1.54, 1.807) is 7.11 Å². The number of nitrogens with zero attached hydrogens (tertiary/aromatic N) is 1. The SMILES string of the molecule is C#CCNC(=O)CCC1CNC(=O)C2CC(NC(=S)Nc3ccc(OC)cc3)CN12. The summed E-state index contributed by atoms with van der Waals surface area (Å²) in [5.74, 6) is 3.13. The molecule has 0 aliphatic carbocycles. The molecule has 1 aromatic rings. The molecule has 0 bridgehead atoms. The molecule has 0 saturated carbocycles. The van der Waals surface area contributed by atoms with Crippen molar-refractivity contribution < 1.29 is 14.3 Å². The number of hydrogen-bond donors (Lipinski definition) is 4. The highest BCUT2D eigenvalue weighted by atomic mass is 32.1. The molecule has 2 amide bonds. The second kappa shape index (κ2) is 10.3. The molecule has 2 aliphatic rings. The Morgan fingerprint density at radius 1 is 1.40 bits per heavy atom. The van der Waals surface area contributed by atoms with Crippen LogP contribution < -0.4 is 26.0 Å². The summed E-state index contributed by atoms with van der Waals surface area (Å²) in [5.41, 5.74) is 0.859. The number of thiocarbonyl (C=S) groups is 1. The topological polar surface area (TPSA) is 94.7 Å². The van der Waals surface area contributed by atoms with Crippen LogP contribution in [-0.4, -0.2) is 66.7 Å². The van der Waals surface area contributed by atoms with Crippen molar-refractivity contribution in [3.05, 3.63) is 24.3 Å². The molecule has 2 fully saturated rings. The number of anilines is 1. The Morgan fingerprint density at radius 2 is 2.17 bits per heavy atom.